The summed E-state index contributed by atoms with van der Waals surface area (Å²) in [5, 5.41) is 0. The third kappa shape index (κ3) is 2.44. The molecular formula is C15H19N3O2. The Labute approximate surface area is 118 Å². The fourth-order valence-electron chi connectivity index (χ4n) is 3.08. The molecule has 1 aliphatic carbocycles. The van der Waals surface area contributed by atoms with E-state index in [-0.39, 0.29) is 17.6 Å². The average Bonchev–Trinajstić information content (AvgIpc) is 2.47. The van der Waals surface area contributed by atoms with Gasteiger partial charge in [-0.15, -0.1) is 0 Å². The Bertz CT molecular complexity index is 556. The Morgan fingerprint density at radius 3 is 3.00 bits per heavy atom. The van der Waals surface area contributed by atoms with Crippen molar-refractivity contribution in [3.63, 3.8) is 0 Å². The summed E-state index contributed by atoms with van der Waals surface area (Å²) < 4.78 is 0. The van der Waals surface area contributed by atoms with E-state index in [1.807, 2.05) is 4.90 Å². The van der Waals surface area contributed by atoms with Gasteiger partial charge < -0.3 is 4.90 Å². The second-order valence-corrected chi connectivity index (χ2v) is 5.67. The Kier molecular flexibility index (Phi) is 3.51. The molecule has 1 aromatic heterocycles. The van der Waals surface area contributed by atoms with Gasteiger partial charge >= 0.3 is 0 Å². The predicted molar refractivity (Wildman–Crippen MR) is 73.5 cm³/mol. The summed E-state index contributed by atoms with van der Waals surface area (Å²) in [7, 11) is 0. The summed E-state index contributed by atoms with van der Waals surface area (Å²) >= 11 is 0. The summed E-state index contributed by atoms with van der Waals surface area (Å²) in [6.07, 6.45) is 6.04. The number of carbonyl (C=O) groups excluding carboxylic acids is 2. The van der Waals surface area contributed by atoms with E-state index in [4.69, 9.17) is 0 Å². The van der Waals surface area contributed by atoms with Crippen LogP contribution in [0.2, 0.25) is 0 Å². The third-order valence-electron chi connectivity index (χ3n) is 4.24. The molecule has 106 valence electrons. The minimum atomic E-state index is 0.114. The molecule has 1 aliphatic heterocycles. The number of carbonyl (C=O) groups is 2. The van der Waals surface area contributed by atoms with Crippen LogP contribution in [-0.4, -0.2) is 39.6 Å². The molecule has 3 rings (SSSR count). The Hall–Kier alpha value is -1.78. The summed E-state index contributed by atoms with van der Waals surface area (Å²) in [6, 6.07) is 0. The van der Waals surface area contributed by atoms with E-state index < -0.39 is 0 Å². The molecule has 1 fully saturated rings. The Morgan fingerprint density at radius 1 is 1.35 bits per heavy atom. The fraction of sp³-hybridized carbons (Fsp3) is 0.600. The largest absolute Gasteiger partial charge is 0.342 e. The molecule has 20 heavy (non-hydrogen) atoms. The molecule has 0 spiro atoms. The highest BCUT2D eigenvalue weighted by Gasteiger charge is 2.27. The molecule has 0 N–H and O–H groups in total. The van der Waals surface area contributed by atoms with E-state index in [1.54, 1.807) is 13.1 Å². The van der Waals surface area contributed by atoms with Crippen molar-refractivity contribution in [3.8, 4) is 0 Å². The van der Waals surface area contributed by atoms with Gasteiger partial charge in [-0.2, -0.15) is 0 Å². The monoisotopic (exact) mass is 273 g/mol. The number of aryl methyl sites for hydroxylation is 1. The van der Waals surface area contributed by atoms with Crippen molar-refractivity contribution in [2.24, 2.45) is 0 Å². The van der Waals surface area contributed by atoms with E-state index in [1.165, 1.54) is 0 Å². The van der Waals surface area contributed by atoms with Crippen LogP contribution >= 0.6 is 0 Å². The first-order valence-electron chi connectivity index (χ1n) is 7.29. The van der Waals surface area contributed by atoms with Gasteiger partial charge in [0.05, 0.1) is 11.3 Å². The molecule has 1 amide bonds. The van der Waals surface area contributed by atoms with Crippen LogP contribution < -0.4 is 0 Å². The highest BCUT2D eigenvalue weighted by molar-refractivity contribution is 5.97. The number of aromatic nitrogens is 2. The number of hydrogen-bond donors (Lipinski definition) is 0. The van der Waals surface area contributed by atoms with Crippen LogP contribution in [0.25, 0.3) is 0 Å². The third-order valence-corrected chi connectivity index (χ3v) is 4.24. The zero-order valence-corrected chi connectivity index (χ0v) is 11.8. The summed E-state index contributed by atoms with van der Waals surface area (Å²) in [6.45, 7) is 3.13. The normalized spacial score (nSPS) is 22.6. The van der Waals surface area contributed by atoms with Crippen molar-refractivity contribution in [1.29, 1.82) is 0 Å². The van der Waals surface area contributed by atoms with E-state index in [0.717, 1.165) is 43.7 Å². The number of Topliss-reactive ketones (excluding diaryl/α,β-unsaturated/α-hetero) is 1. The van der Waals surface area contributed by atoms with Gasteiger partial charge in [0, 0.05) is 38.5 Å². The first-order valence-corrected chi connectivity index (χ1v) is 7.29. The van der Waals surface area contributed by atoms with Crippen molar-refractivity contribution in [2.75, 3.05) is 13.1 Å². The smallest absolute Gasteiger partial charge is 0.219 e. The number of rotatable bonds is 1. The number of likely N-dealkylation sites (tertiary alicyclic amines) is 1. The maximum Gasteiger partial charge on any atom is 0.219 e. The minimum Gasteiger partial charge on any atom is -0.342 e. The molecule has 0 radical (unpaired) electrons. The number of ketones is 1. The molecule has 5 heteroatoms. The van der Waals surface area contributed by atoms with Crippen LogP contribution in [-0.2, 0) is 11.2 Å². The molecule has 1 atom stereocenters. The second-order valence-electron chi connectivity index (χ2n) is 5.67. The fourth-order valence-corrected chi connectivity index (χ4v) is 3.08. The number of hydrogen-bond acceptors (Lipinski definition) is 4. The lowest BCUT2D eigenvalue weighted by Gasteiger charge is -2.31. The van der Waals surface area contributed by atoms with Gasteiger partial charge in [0.25, 0.3) is 0 Å². The quantitative estimate of drug-likeness (QED) is 0.781. The van der Waals surface area contributed by atoms with Crippen LogP contribution in [0.15, 0.2) is 6.20 Å². The van der Waals surface area contributed by atoms with Gasteiger partial charge in [-0.3, -0.25) is 9.59 Å². The van der Waals surface area contributed by atoms with Crippen LogP contribution in [0.1, 0.15) is 60.4 Å². The van der Waals surface area contributed by atoms with Crippen molar-refractivity contribution < 1.29 is 9.59 Å². The topological polar surface area (TPSA) is 63.2 Å². The number of nitrogens with zero attached hydrogens (tertiary/aromatic N) is 3. The molecule has 0 aromatic carbocycles. The number of piperidine rings is 1. The van der Waals surface area contributed by atoms with Gasteiger partial charge in [0.2, 0.25) is 5.91 Å². The maximum atomic E-state index is 11.8. The molecule has 2 heterocycles. The highest BCUT2D eigenvalue weighted by atomic mass is 16.2. The molecule has 0 bridgehead atoms. The SMILES string of the molecule is CC(=O)N1CCCC(c2ncc3c(n2)CCCC3=O)C1. The van der Waals surface area contributed by atoms with E-state index in [9.17, 15) is 9.59 Å². The molecule has 1 unspecified atom stereocenters. The zero-order valence-electron chi connectivity index (χ0n) is 11.8. The molecule has 0 saturated carbocycles. The van der Waals surface area contributed by atoms with Crippen LogP contribution in [0, 0.1) is 0 Å². The molecule has 1 saturated heterocycles. The van der Waals surface area contributed by atoms with Crippen molar-refractivity contribution in [1.82, 2.24) is 14.9 Å². The predicted octanol–water partition coefficient (Wildman–Crippen LogP) is 1.72. The zero-order chi connectivity index (χ0) is 14.1. The lowest BCUT2D eigenvalue weighted by Crippen LogP contribution is -2.38. The standard InChI is InChI=1S/C15H19N3O2/c1-10(19)18-7-3-4-11(9-18)15-16-8-12-13(17-15)5-2-6-14(12)20/h8,11H,2-7,9H2,1H3. The van der Waals surface area contributed by atoms with Crippen LogP contribution in [0.4, 0.5) is 0 Å². The van der Waals surface area contributed by atoms with Gasteiger partial charge in [-0.1, -0.05) is 0 Å². The number of fused-ring (bicyclic) bond motifs is 1. The number of amides is 1. The molecule has 2 aliphatic rings. The van der Waals surface area contributed by atoms with Crippen molar-refractivity contribution >= 4 is 11.7 Å². The lowest BCUT2D eigenvalue weighted by atomic mass is 9.94. The average molecular weight is 273 g/mol. The minimum absolute atomic E-state index is 0.114. The van der Waals surface area contributed by atoms with Gasteiger partial charge in [0.15, 0.2) is 5.78 Å². The summed E-state index contributed by atoms with van der Waals surface area (Å²) in [5.74, 6) is 1.27. The van der Waals surface area contributed by atoms with Crippen molar-refractivity contribution in [2.45, 2.75) is 44.9 Å². The first kappa shape index (κ1) is 13.2. The van der Waals surface area contributed by atoms with Crippen LogP contribution in [0.3, 0.4) is 0 Å². The van der Waals surface area contributed by atoms with Gasteiger partial charge in [-0.05, 0) is 25.7 Å². The van der Waals surface area contributed by atoms with Crippen molar-refractivity contribution in [3.05, 3.63) is 23.3 Å². The maximum absolute atomic E-state index is 11.8. The molecular weight excluding hydrogens is 254 g/mol. The van der Waals surface area contributed by atoms with E-state index >= 15 is 0 Å². The summed E-state index contributed by atoms with van der Waals surface area (Å²) in [5.41, 5.74) is 1.59. The van der Waals surface area contributed by atoms with Gasteiger partial charge in [0.1, 0.15) is 5.82 Å². The van der Waals surface area contributed by atoms with E-state index in [2.05, 4.69) is 9.97 Å². The van der Waals surface area contributed by atoms with E-state index in [0.29, 0.717) is 18.5 Å². The summed E-state index contributed by atoms with van der Waals surface area (Å²) in [4.78, 5) is 34.1. The van der Waals surface area contributed by atoms with Crippen LogP contribution in [0.5, 0.6) is 0 Å². The Morgan fingerprint density at radius 2 is 2.20 bits per heavy atom. The second kappa shape index (κ2) is 5.31. The van der Waals surface area contributed by atoms with Gasteiger partial charge in [-0.25, -0.2) is 9.97 Å². The highest BCUT2D eigenvalue weighted by Crippen LogP contribution is 2.26. The molecule has 5 nitrogen and oxygen atoms in total. The first-order chi connectivity index (χ1) is 9.65. The lowest BCUT2D eigenvalue weighted by molar-refractivity contribution is -0.130. The Balaban J connectivity index is 1.84. The molecule has 1 aromatic rings.